The molecule has 1 aliphatic rings. The maximum absolute atomic E-state index is 3.38. The van der Waals surface area contributed by atoms with Gasteiger partial charge in [-0.25, -0.2) is 0 Å². The van der Waals surface area contributed by atoms with Crippen LogP contribution in [0.15, 0.2) is 0 Å². The lowest BCUT2D eigenvalue weighted by Gasteiger charge is -2.28. The van der Waals surface area contributed by atoms with Gasteiger partial charge in [-0.15, -0.1) is 0 Å². The molecule has 0 bridgehead atoms. The molecule has 1 unspecified atom stereocenters. The van der Waals surface area contributed by atoms with Gasteiger partial charge in [-0.1, -0.05) is 13.8 Å². The van der Waals surface area contributed by atoms with Gasteiger partial charge in [-0.2, -0.15) is 0 Å². The molecule has 54 valence electrons. The Labute approximate surface area is 57.0 Å². The van der Waals surface area contributed by atoms with Crippen LogP contribution in [0, 0.1) is 0 Å². The first kappa shape index (κ1) is 7.03. The van der Waals surface area contributed by atoms with Gasteiger partial charge < -0.3 is 10.6 Å². The minimum absolute atomic E-state index is 0.632. The Balaban J connectivity index is 1.91. The van der Waals surface area contributed by atoms with Gasteiger partial charge in [0.2, 0.25) is 0 Å². The van der Waals surface area contributed by atoms with E-state index in [1.165, 1.54) is 13.0 Å². The molecule has 0 aromatic carbocycles. The normalized spacial score (nSPS) is 26.3. The molecule has 2 heteroatoms. The van der Waals surface area contributed by atoms with Crippen molar-refractivity contribution in [3.05, 3.63) is 0 Å². The predicted molar refractivity (Wildman–Crippen MR) is 39.5 cm³/mol. The van der Waals surface area contributed by atoms with Crippen molar-refractivity contribution >= 4 is 0 Å². The van der Waals surface area contributed by atoms with E-state index in [4.69, 9.17) is 0 Å². The van der Waals surface area contributed by atoms with Crippen molar-refractivity contribution in [1.82, 2.24) is 10.6 Å². The first-order valence-corrected chi connectivity index (χ1v) is 3.76. The number of hydrogen-bond donors (Lipinski definition) is 2. The van der Waals surface area contributed by atoms with Gasteiger partial charge >= 0.3 is 0 Å². The highest BCUT2D eigenvalue weighted by atomic mass is 15.0. The van der Waals surface area contributed by atoms with Gasteiger partial charge in [0.15, 0.2) is 0 Å². The summed E-state index contributed by atoms with van der Waals surface area (Å²) in [4.78, 5) is 0. The zero-order valence-electron chi connectivity index (χ0n) is 6.28. The minimum Gasteiger partial charge on any atom is -0.313 e. The largest absolute Gasteiger partial charge is 0.313 e. The van der Waals surface area contributed by atoms with Crippen LogP contribution in [0.5, 0.6) is 0 Å². The summed E-state index contributed by atoms with van der Waals surface area (Å²) in [5.74, 6) is 0. The van der Waals surface area contributed by atoms with E-state index >= 15 is 0 Å². The smallest absolute Gasteiger partial charge is 0.0204 e. The molecule has 0 saturated carbocycles. The molecule has 9 heavy (non-hydrogen) atoms. The quantitative estimate of drug-likeness (QED) is 0.573. The van der Waals surface area contributed by atoms with E-state index in [1.54, 1.807) is 0 Å². The molecular formula is C7H16N2. The lowest BCUT2D eigenvalue weighted by molar-refractivity contribution is 0.344. The number of rotatable bonds is 3. The summed E-state index contributed by atoms with van der Waals surface area (Å²) in [5.41, 5.74) is 0. The van der Waals surface area contributed by atoms with Gasteiger partial charge in [-0.3, -0.25) is 0 Å². The molecule has 2 N–H and O–H groups in total. The highest BCUT2D eigenvalue weighted by Crippen LogP contribution is 1.99. The first-order chi connectivity index (χ1) is 4.29. The van der Waals surface area contributed by atoms with E-state index in [2.05, 4.69) is 24.5 Å². The number of hydrogen-bond acceptors (Lipinski definition) is 2. The third kappa shape index (κ3) is 2.33. The van der Waals surface area contributed by atoms with Gasteiger partial charge in [0, 0.05) is 18.6 Å². The van der Waals surface area contributed by atoms with Crippen LogP contribution in [0.1, 0.15) is 20.3 Å². The summed E-state index contributed by atoms with van der Waals surface area (Å²) in [6, 6.07) is 1.39. The molecule has 1 heterocycles. The van der Waals surface area contributed by atoms with E-state index < -0.39 is 0 Å². The second kappa shape index (κ2) is 3.18. The lowest BCUT2D eigenvalue weighted by Crippen LogP contribution is -2.50. The maximum Gasteiger partial charge on any atom is 0.0204 e. The molecule has 1 fully saturated rings. The molecule has 0 spiro atoms. The van der Waals surface area contributed by atoms with Crippen molar-refractivity contribution in [1.29, 1.82) is 0 Å². The van der Waals surface area contributed by atoms with E-state index in [0.717, 1.165) is 12.6 Å². The minimum atomic E-state index is 0.632. The molecule has 1 saturated heterocycles. The number of nitrogens with one attached hydrogen (secondary N) is 2. The van der Waals surface area contributed by atoms with Gasteiger partial charge in [0.05, 0.1) is 0 Å². The van der Waals surface area contributed by atoms with Crippen molar-refractivity contribution in [2.24, 2.45) is 0 Å². The van der Waals surface area contributed by atoms with E-state index in [-0.39, 0.29) is 0 Å². The van der Waals surface area contributed by atoms with Crippen LogP contribution >= 0.6 is 0 Å². The fraction of sp³-hybridized carbons (Fsp3) is 1.00. The molecule has 0 radical (unpaired) electrons. The SMILES string of the molecule is CC(C)NCC1CCN1. The fourth-order valence-electron chi connectivity index (χ4n) is 0.901. The average molecular weight is 128 g/mol. The summed E-state index contributed by atoms with van der Waals surface area (Å²) >= 11 is 0. The lowest BCUT2D eigenvalue weighted by atomic mass is 10.1. The van der Waals surface area contributed by atoms with Crippen molar-refractivity contribution in [2.45, 2.75) is 32.4 Å². The van der Waals surface area contributed by atoms with Gasteiger partial charge in [0.25, 0.3) is 0 Å². The van der Waals surface area contributed by atoms with Crippen molar-refractivity contribution < 1.29 is 0 Å². The van der Waals surface area contributed by atoms with Crippen LogP contribution in [0.3, 0.4) is 0 Å². The van der Waals surface area contributed by atoms with E-state index in [0.29, 0.717) is 6.04 Å². The van der Waals surface area contributed by atoms with Gasteiger partial charge in [-0.05, 0) is 13.0 Å². The molecular weight excluding hydrogens is 112 g/mol. The molecule has 1 aliphatic heterocycles. The molecule has 0 amide bonds. The van der Waals surface area contributed by atoms with Crippen LogP contribution in [0.25, 0.3) is 0 Å². The summed E-state index contributed by atoms with van der Waals surface area (Å²) in [5, 5.41) is 6.72. The standard InChI is InChI=1S/C7H16N2/c1-6(2)9-5-7-3-4-8-7/h6-9H,3-5H2,1-2H3. The zero-order valence-corrected chi connectivity index (χ0v) is 6.28. The highest BCUT2D eigenvalue weighted by Gasteiger charge is 2.14. The Morgan fingerprint density at radius 2 is 2.33 bits per heavy atom. The molecule has 0 aromatic heterocycles. The molecule has 0 aliphatic carbocycles. The first-order valence-electron chi connectivity index (χ1n) is 3.76. The Bertz CT molecular complexity index is 77.0. The summed E-state index contributed by atoms with van der Waals surface area (Å²) in [7, 11) is 0. The van der Waals surface area contributed by atoms with Crippen molar-refractivity contribution in [3.8, 4) is 0 Å². The monoisotopic (exact) mass is 128 g/mol. The van der Waals surface area contributed by atoms with Crippen LogP contribution in [-0.2, 0) is 0 Å². The summed E-state index contributed by atoms with van der Waals surface area (Å²) in [6.07, 6.45) is 1.35. The predicted octanol–water partition coefficient (Wildman–Crippen LogP) is 0.346. The van der Waals surface area contributed by atoms with Crippen molar-refractivity contribution in [2.75, 3.05) is 13.1 Å². The Hall–Kier alpha value is -0.0800. The summed E-state index contributed by atoms with van der Waals surface area (Å²) in [6.45, 7) is 6.71. The molecule has 2 nitrogen and oxygen atoms in total. The van der Waals surface area contributed by atoms with Crippen LogP contribution < -0.4 is 10.6 Å². The third-order valence-corrected chi connectivity index (χ3v) is 1.70. The zero-order chi connectivity index (χ0) is 6.69. The van der Waals surface area contributed by atoms with Crippen LogP contribution in [0.4, 0.5) is 0 Å². The molecule has 0 aromatic rings. The van der Waals surface area contributed by atoms with E-state index in [1.807, 2.05) is 0 Å². The topological polar surface area (TPSA) is 24.1 Å². The molecule has 1 rings (SSSR count). The average Bonchev–Trinajstić information content (AvgIpc) is 1.60. The van der Waals surface area contributed by atoms with Crippen LogP contribution in [0.2, 0.25) is 0 Å². The Kier molecular flexibility index (Phi) is 2.49. The van der Waals surface area contributed by atoms with Crippen LogP contribution in [-0.4, -0.2) is 25.2 Å². The Morgan fingerprint density at radius 1 is 1.67 bits per heavy atom. The second-order valence-electron chi connectivity index (χ2n) is 3.00. The fourth-order valence-corrected chi connectivity index (χ4v) is 0.901. The Morgan fingerprint density at radius 3 is 2.67 bits per heavy atom. The molecule has 1 atom stereocenters. The summed E-state index contributed by atoms with van der Waals surface area (Å²) < 4.78 is 0. The van der Waals surface area contributed by atoms with Gasteiger partial charge in [0.1, 0.15) is 0 Å². The third-order valence-electron chi connectivity index (χ3n) is 1.70. The van der Waals surface area contributed by atoms with Crippen molar-refractivity contribution in [3.63, 3.8) is 0 Å². The van der Waals surface area contributed by atoms with E-state index in [9.17, 15) is 0 Å². The highest BCUT2D eigenvalue weighted by molar-refractivity contribution is 4.79. The maximum atomic E-state index is 3.38. The second-order valence-corrected chi connectivity index (χ2v) is 3.00.